The van der Waals surface area contributed by atoms with Crippen LogP contribution in [-0.4, -0.2) is 37.4 Å². The highest BCUT2D eigenvalue weighted by atomic mass is 79.9. The van der Waals surface area contributed by atoms with E-state index in [9.17, 15) is 13.2 Å². The van der Waals surface area contributed by atoms with Gasteiger partial charge in [-0.2, -0.15) is 9.41 Å². The highest BCUT2D eigenvalue weighted by Gasteiger charge is 2.39. The number of carbonyl (C=O) groups excluding carboxylic acids is 1. The van der Waals surface area contributed by atoms with Crippen molar-refractivity contribution in [2.75, 3.05) is 6.54 Å². The zero-order chi connectivity index (χ0) is 27.4. The van der Waals surface area contributed by atoms with Gasteiger partial charge in [0.15, 0.2) is 0 Å². The highest BCUT2D eigenvalue weighted by Crippen LogP contribution is 2.29. The van der Waals surface area contributed by atoms with Crippen LogP contribution >= 0.6 is 27.5 Å². The first-order valence-corrected chi connectivity index (χ1v) is 14.9. The SMILES string of the molecule is O=C(N/N=C\c1c(OCc2ccc(Br)cc2)ccc2ccccc12)[C@@H]1CCCN1S(=O)(=O)c1ccc(Cl)cc1. The molecule has 1 heterocycles. The molecule has 0 unspecified atom stereocenters. The number of nitrogens with one attached hydrogen (secondary N) is 1. The van der Waals surface area contributed by atoms with Gasteiger partial charge in [-0.15, -0.1) is 0 Å². The Morgan fingerprint density at radius 1 is 1.05 bits per heavy atom. The molecular weight excluding hydrogens is 602 g/mol. The Hall–Kier alpha value is -3.24. The van der Waals surface area contributed by atoms with Gasteiger partial charge in [-0.25, -0.2) is 13.8 Å². The monoisotopic (exact) mass is 625 g/mol. The molecule has 7 nitrogen and oxygen atoms in total. The summed E-state index contributed by atoms with van der Waals surface area (Å²) in [4.78, 5) is 13.2. The average Bonchev–Trinajstić information content (AvgIpc) is 3.45. The van der Waals surface area contributed by atoms with E-state index in [4.69, 9.17) is 16.3 Å². The lowest BCUT2D eigenvalue weighted by Crippen LogP contribution is -2.44. The fourth-order valence-corrected chi connectivity index (χ4v) is 6.59. The second-order valence-electron chi connectivity index (χ2n) is 9.08. The molecule has 39 heavy (non-hydrogen) atoms. The van der Waals surface area contributed by atoms with Gasteiger partial charge in [-0.3, -0.25) is 4.79 Å². The van der Waals surface area contributed by atoms with Gasteiger partial charge in [0.1, 0.15) is 18.4 Å². The van der Waals surface area contributed by atoms with Gasteiger partial charge < -0.3 is 4.74 Å². The smallest absolute Gasteiger partial charge is 0.258 e. The minimum Gasteiger partial charge on any atom is -0.488 e. The zero-order valence-electron chi connectivity index (χ0n) is 20.8. The van der Waals surface area contributed by atoms with E-state index in [-0.39, 0.29) is 11.4 Å². The summed E-state index contributed by atoms with van der Waals surface area (Å²) in [6.07, 6.45) is 2.53. The van der Waals surface area contributed by atoms with E-state index in [0.717, 1.165) is 20.8 Å². The van der Waals surface area contributed by atoms with Gasteiger partial charge >= 0.3 is 0 Å². The molecule has 1 amide bonds. The fourth-order valence-electron chi connectivity index (χ4n) is 4.54. The van der Waals surface area contributed by atoms with Crippen LogP contribution in [0.1, 0.15) is 24.0 Å². The normalized spacial score (nSPS) is 16.1. The van der Waals surface area contributed by atoms with Crippen LogP contribution in [0.5, 0.6) is 5.75 Å². The molecule has 0 bridgehead atoms. The van der Waals surface area contributed by atoms with Gasteiger partial charge in [0, 0.05) is 21.6 Å². The number of carbonyl (C=O) groups is 1. The molecule has 1 fully saturated rings. The van der Waals surface area contributed by atoms with E-state index in [1.807, 2.05) is 60.7 Å². The Morgan fingerprint density at radius 3 is 2.56 bits per heavy atom. The molecule has 0 aromatic heterocycles. The maximum absolute atomic E-state index is 13.2. The standard InChI is InChI=1S/C29H25BrClN3O4S/c30-22-10-7-20(8-11-22)19-38-28-16-9-21-4-1-2-5-25(21)26(28)18-32-33-29(35)27-6-3-17-34(27)39(36,37)24-14-12-23(31)13-15-24/h1-2,4-5,7-16,18,27H,3,6,17,19H2,(H,33,35)/b32-18-/t27-/m0/s1. The quantitative estimate of drug-likeness (QED) is 0.188. The number of fused-ring (bicyclic) bond motifs is 1. The number of sulfonamides is 1. The summed E-state index contributed by atoms with van der Waals surface area (Å²) in [5.74, 6) is 0.126. The summed E-state index contributed by atoms with van der Waals surface area (Å²) in [6.45, 7) is 0.614. The number of hydrazone groups is 1. The van der Waals surface area contributed by atoms with E-state index < -0.39 is 22.0 Å². The number of hydrogen-bond donors (Lipinski definition) is 1. The van der Waals surface area contributed by atoms with E-state index >= 15 is 0 Å². The first kappa shape index (κ1) is 27.3. The van der Waals surface area contributed by atoms with Gasteiger partial charge in [0.05, 0.1) is 11.1 Å². The predicted octanol–water partition coefficient (Wildman–Crippen LogP) is 6.14. The average molecular weight is 627 g/mol. The molecule has 0 radical (unpaired) electrons. The zero-order valence-corrected chi connectivity index (χ0v) is 23.9. The van der Waals surface area contributed by atoms with Crippen molar-refractivity contribution in [3.05, 3.63) is 106 Å². The summed E-state index contributed by atoms with van der Waals surface area (Å²) in [6, 6.07) is 24.6. The Morgan fingerprint density at radius 2 is 1.79 bits per heavy atom. The van der Waals surface area contributed by atoms with Crippen LogP contribution in [0.25, 0.3) is 10.8 Å². The summed E-state index contributed by atoms with van der Waals surface area (Å²) in [5.41, 5.74) is 4.27. The van der Waals surface area contributed by atoms with Crippen molar-refractivity contribution in [1.29, 1.82) is 0 Å². The molecule has 5 rings (SSSR count). The first-order valence-electron chi connectivity index (χ1n) is 12.3. The van der Waals surface area contributed by atoms with E-state index in [0.29, 0.717) is 35.8 Å². The molecule has 1 N–H and O–H groups in total. The van der Waals surface area contributed by atoms with Crippen molar-refractivity contribution in [3.63, 3.8) is 0 Å². The van der Waals surface area contributed by atoms with Gasteiger partial charge in [-0.1, -0.05) is 70.0 Å². The van der Waals surface area contributed by atoms with E-state index in [1.165, 1.54) is 28.6 Å². The summed E-state index contributed by atoms with van der Waals surface area (Å²) in [7, 11) is -3.86. The number of amides is 1. The second kappa shape index (κ2) is 11.9. The van der Waals surface area contributed by atoms with Crippen molar-refractivity contribution >= 4 is 60.4 Å². The van der Waals surface area contributed by atoms with Gasteiger partial charge in [0.2, 0.25) is 10.0 Å². The Labute approximate surface area is 240 Å². The lowest BCUT2D eigenvalue weighted by molar-refractivity contribution is -0.124. The molecule has 0 spiro atoms. The van der Waals surface area contributed by atoms with Crippen molar-refractivity contribution in [2.24, 2.45) is 5.10 Å². The number of benzene rings is 4. The largest absolute Gasteiger partial charge is 0.488 e. The van der Waals surface area contributed by atoms with Crippen molar-refractivity contribution < 1.29 is 17.9 Å². The fraction of sp³-hybridized carbons (Fsp3) is 0.172. The number of halogens is 2. The molecule has 200 valence electrons. The van der Waals surface area contributed by atoms with Crippen molar-refractivity contribution in [2.45, 2.75) is 30.4 Å². The van der Waals surface area contributed by atoms with E-state index in [1.54, 1.807) is 6.21 Å². The van der Waals surface area contributed by atoms with Crippen LogP contribution in [0.2, 0.25) is 5.02 Å². The highest BCUT2D eigenvalue weighted by molar-refractivity contribution is 9.10. The Balaban J connectivity index is 1.34. The van der Waals surface area contributed by atoms with Crippen LogP contribution in [-0.2, 0) is 21.4 Å². The molecule has 4 aromatic rings. The summed E-state index contributed by atoms with van der Waals surface area (Å²) >= 11 is 9.35. The van der Waals surface area contributed by atoms with Crippen LogP contribution in [0.15, 0.2) is 99.4 Å². The van der Waals surface area contributed by atoms with Crippen LogP contribution in [0, 0.1) is 0 Å². The second-order valence-corrected chi connectivity index (χ2v) is 12.3. The molecule has 1 atom stereocenters. The molecule has 4 aromatic carbocycles. The molecule has 0 aliphatic carbocycles. The van der Waals surface area contributed by atoms with Crippen LogP contribution in [0.4, 0.5) is 0 Å². The lowest BCUT2D eigenvalue weighted by Gasteiger charge is -2.22. The number of rotatable bonds is 8. The number of ether oxygens (including phenoxy) is 1. The lowest BCUT2D eigenvalue weighted by atomic mass is 10.0. The third kappa shape index (κ3) is 6.17. The summed E-state index contributed by atoms with van der Waals surface area (Å²) in [5, 5.41) is 6.56. The molecule has 1 aliphatic heterocycles. The molecule has 0 saturated carbocycles. The van der Waals surface area contributed by atoms with E-state index in [2.05, 4.69) is 26.5 Å². The molecule has 10 heteroatoms. The molecular formula is C29H25BrClN3O4S. The van der Waals surface area contributed by atoms with Crippen molar-refractivity contribution in [1.82, 2.24) is 9.73 Å². The predicted molar refractivity (Wildman–Crippen MR) is 157 cm³/mol. The first-order chi connectivity index (χ1) is 18.8. The summed E-state index contributed by atoms with van der Waals surface area (Å²) < 4.78 is 34.7. The van der Waals surface area contributed by atoms with Gasteiger partial charge in [0.25, 0.3) is 5.91 Å². The van der Waals surface area contributed by atoms with Crippen LogP contribution < -0.4 is 10.2 Å². The molecule has 1 aliphatic rings. The maximum Gasteiger partial charge on any atom is 0.258 e. The molecule has 1 saturated heterocycles. The third-order valence-corrected chi connectivity index (χ3v) is 9.24. The number of nitrogens with zero attached hydrogens (tertiary/aromatic N) is 2. The Bertz CT molecular complexity index is 1630. The minimum absolute atomic E-state index is 0.0958. The maximum atomic E-state index is 13.2. The number of hydrogen-bond acceptors (Lipinski definition) is 5. The van der Waals surface area contributed by atoms with Crippen molar-refractivity contribution in [3.8, 4) is 5.75 Å². The van der Waals surface area contributed by atoms with Crippen LogP contribution in [0.3, 0.4) is 0 Å². The topological polar surface area (TPSA) is 88.1 Å². The Kier molecular flexibility index (Phi) is 8.32. The third-order valence-electron chi connectivity index (χ3n) is 6.53. The minimum atomic E-state index is -3.86. The van der Waals surface area contributed by atoms with Gasteiger partial charge in [-0.05, 0) is 71.6 Å².